The van der Waals surface area contributed by atoms with Crippen LogP contribution in [-0.2, 0) is 4.79 Å². The number of anilines is 1. The van der Waals surface area contributed by atoms with Gasteiger partial charge in [-0.3, -0.25) is 9.69 Å². The molecule has 3 aromatic rings. The number of benzene rings is 2. The van der Waals surface area contributed by atoms with Gasteiger partial charge in [0.2, 0.25) is 5.91 Å². The molecule has 1 N–H and O–H groups in total. The molecule has 0 spiro atoms. The Morgan fingerprint density at radius 2 is 2.03 bits per heavy atom. The molecule has 29 heavy (non-hydrogen) atoms. The van der Waals surface area contributed by atoms with Crippen molar-refractivity contribution < 1.29 is 4.79 Å². The van der Waals surface area contributed by atoms with Gasteiger partial charge < -0.3 is 5.32 Å². The van der Waals surface area contributed by atoms with Crippen molar-refractivity contribution in [3.05, 3.63) is 84.7 Å². The van der Waals surface area contributed by atoms with Gasteiger partial charge in [0, 0.05) is 31.2 Å². The lowest BCUT2D eigenvalue weighted by atomic mass is 9.97. The Kier molecular flexibility index (Phi) is 6.17. The maximum absolute atomic E-state index is 12.8. The van der Waals surface area contributed by atoms with Crippen molar-refractivity contribution in [2.24, 2.45) is 5.92 Å². The molecule has 4 rings (SSSR count). The van der Waals surface area contributed by atoms with Crippen molar-refractivity contribution in [3.8, 4) is 5.69 Å². The molecule has 1 aliphatic rings. The Balaban J connectivity index is 1.33. The zero-order valence-corrected chi connectivity index (χ0v) is 16.4. The summed E-state index contributed by atoms with van der Waals surface area (Å²) >= 11 is 0. The van der Waals surface area contributed by atoms with Gasteiger partial charge in [-0.05, 0) is 49.2 Å². The first-order valence-electron chi connectivity index (χ1n) is 10.1. The van der Waals surface area contributed by atoms with Gasteiger partial charge in [-0.1, -0.05) is 48.6 Å². The molecule has 1 aromatic heterocycles. The van der Waals surface area contributed by atoms with Crippen LogP contribution in [0.15, 0.2) is 79.1 Å². The first-order chi connectivity index (χ1) is 14.3. The normalized spacial score (nSPS) is 17.4. The lowest BCUT2D eigenvalue weighted by Gasteiger charge is -2.31. The molecule has 0 saturated carbocycles. The van der Waals surface area contributed by atoms with E-state index in [4.69, 9.17) is 0 Å². The molecule has 1 amide bonds. The third-order valence-corrected chi connectivity index (χ3v) is 5.23. The van der Waals surface area contributed by atoms with Gasteiger partial charge in [-0.15, -0.1) is 0 Å². The van der Waals surface area contributed by atoms with E-state index in [-0.39, 0.29) is 11.8 Å². The number of aromatic nitrogens is 2. The van der Waals surface area contributed by atoms with Crippen LogP contribution in [0.2, 0.25) is 0 Å². The average Bonchev–Trinajstić information content (AvgIpc) is 3.30. The third-order valence-electron chi connectivity index (χ3n) is 5.23. The third kappa shape index (κ3) is 5.21. The van der Waals surface area contributed by atoms with Gasteiger partial charge in [0.15, 0.2) is 0 Å². The van der Waals surface area contributed by atoms with E-state index in [0.29, 0.717) is 0 Å². The number of nitrogens with one attached hydrogen (secondary N) is 1. The van der Waals surface area contributed by atoms with E-state index in [2.05, 4.69) is 39.6 Å². The summed E-state index contributed by atoms with van der Waals surface area (Å²) in [5, 5.41) is 7.34. The van der Waals surface area contributed by atoms with Gasteiger partial charge in [0.1, 0.15) is 0 Å². The summed E-state index contributed by atoms with van der Waals surface area (Å²) in [6, 6.07) is 20.0. The van der Waals surface area contributed by atoms with Crippen LogP contribution in [0.3, 0.4) is 0 Å². The van der Waals surface area contributed by atoms with Crippen LogP contribution >= 0.6 is 0 Å². The highest BCUT2D eigenvalue weighted by molar-refractivity contribution is 5.93. The standard InChI is InChI=1S/C24H26N4O/c29-24(26-22-12-4-13-23(18-22)28-17-7-14-25-28)21-11-6-16-27(19-21)15-5-10-20-8-2-1-3-9-20/h1-5,7-10,12-14,17-18,21H,6,11,15-16,19H2,(H,26,29)/b10-5+. The molecule has 5 heteroatoms. The van der Waals surface area contributed by atoms with Crippen LogP contribution < -0.4 is 5.32 Å². The Morgan fingerprint density at radius 1 is 1.14 bits per heavy atom. The van der Waals surface area contributed by atoms with E-state index >= 15 is 0 Å². The molecular formula is C24H26N4O. The van der Waals surface area contributed by atoms with Crippen LogP contribution in [0.5, 0.6) is 0 Å². The molecule has 0 bridgehead atoms. The Bertz CT molecular complexity index is 950. The second kappa shape index (κ2) is 9.34. The van der Waals surface area contributed by atoms with Gasteiger partial charge in [0.05, 0.1) is 11.6 Å². The predicted molar refractivity (Wildman–Crippen MR) is 117 cm³/mol. The molecule has 1 atom stereocenters. The molecule has 148 valence electrons. The zero-order chi connectivity index (χ0) is 19.9. The van der Waals surface area contributed by atoms with Gasteiger partial charge in [-0.25, -0.2) is 4.68 Å². The van der Waals surface area contributed by atoms with Crippen molar-refractivity contribution in [1.29, 1.82) is 0 Å². The van der Waals surface area contributed by atoms with Crippen molar-refractivity contribution >= 4 is 17.7 Å². The predicted octanol–water partition coefficient (Wildman–Crippen LogP) is 4.24. The van der Waals surface area contributed by atoms with Crippen LogP contribution in [0.4, 0.5) is 5.69 Å². The highest BCUT2D eigenvalue weighted by Gasteiger charge is 2.25. The number of amides is 1. The smallest absolute Gasteiger partial charge is 0.228 e. The van der Waals surface area contributed by atoms with Gasteiger partial charge in [-0.2, -0.15) is 5.10 Å². The van der Waals surface area contributed by atoms with Gasteiger partial charge in [0.25, 0.3) is 0 Å². The zero-order valence-electron chi connectivity index (χ0n) is 16.4. The molecule has 0 radical (unpaired) electrons. The van der Waals surface area contributed by atoms with Crippen molar-refractivity contribution in [1.82, 2.24) is 14.7 Å². The minimum atomic E-state index is 0.0160. The second-order valence-electron chi connectivity index (χ2n) is 7.40. The minimum Gasteiger partial charge on any atom is -0.326 e. The van der Waals surface area contributed by atoms with Crippen molar-refractivity contribution in [3.63, 3.8) is 0 Å². The molecule has 0 aliphatic carbocycles. The summed E-state index contributed by atoms with van der Waals surface area (Å²) in [5.41, 5.74) is 2.95. The second-order valence-corrected chi connectivity index (χ2v) is 7.40. The lowest BCUT2D eigenvalue weighted by molar-refractivity contribution is -0.121. The fourth-order valence-electron chi connectivity index (χ4n) is 3.73. The van der Waals surface area contributed by atoms with Crippen LogP contribution in [0, 0.1) is 5.92 Å². The van der Waals surface area contributed by atoms with E-state index in [9.17, 15) is 4.79 Å². The van der Waals surface area contributed by atoms with E-state index < -0.39 is 0 Å². The molecular weight excluding hydrogens is 360 g/mol. The highest BCUT2D eigenvalue weighted by Crippen LogP contribution is 2.20. The first-order valence-corrected chi connectivity index (χ1v) is 10.1. The lowest BCUT2D eigenvalue weighted by Crippen LogP contribution is -2.40. The number of likely N-dealkylation sites (tertiary alicyclic amines) is 1. The summed E-state index contributed by atoms with van der Waals surface area (Å²) in [6.07, 6.45) is 9.94. The molecule has 5 nitrogen and oxygen atoms in total. The Morgan fingerprint density at radius 3 is 2.86 bits per heavy atom. The van der Waals surface area contributed by atoms with Gasteiger partial charge >= 0.3 is 0 Å². The summed E-state index contributed by atoms with van der Waals surface area (Å²) in [7, 11) is 0. The summed E-state index contributed by atoms with van der Waals surface area (Å²) in [4.78, 5) is 15.2. The molecule has 2 heterocycles. The number of carbonyl (C=O) groups is 1. The maximum atomic E-state index is 12.8. The van der Waals surface area contributed by atoms with E-state index in [1.54, 1.807) is 10.9 Å². The van der Waals surface area contributed by atoms with Crippen molar-refractivity contribution in [2.75, 3.05) is 25.0 Å². The van der Waals surface area contributed by atoms with E-state index in [1.807, 2.05) is 54.7 Å². The monoisotopic (exact) mass is 386 g/mol. The van der Waals surface area contributed by atoms with E-state index in [0.717, 1.165) is 43.9 Å². The fraction of sp³-hybridized carbons (Fsp3) is 0.250. The molecule has 1 fully saturated rings. The minimum absolute atomic E-state index is 0.0160. The summed E-state index contributed by atoms with van der Waals surface area (Å²) in [5.74, 6) is 0.113. The molecule has 1 unspecified atom stereocenters. The van der Waals surface area contributed by atoms with Crippen LogP contribution in [-0.4, -0.2) is 40.2 Å². The number of rotatable bonds is 6. The molecule has 2 aromatic carbocycles. The number of carbonyl (C=O) groups excluding carboxylic acids is 1. The SMILES string of the molecule is O=C(Nc1cccc(-n2cccn2)c1)C1CCCN(C/C=C/c2ccccc2)C1. The Hall–Kier alpha value is -3.18. The quantitative estimate of drug-likeness (QED) is 0.689. The van der Waals surface area contributed by atoms with Crippen LogP contribution in [0.25, 0.3) is 11.8 Å². The topological polar surface area (TPSA) is 50.2 Å². The average molecular weight is 386 g/mol. The molecule has 1 aliphatic heterocycles. The number of nitrogens with zero attached hydrogens (tertiary/aromatic N) is 3. The number of piperidine rings is 1. The summed E-state index contributed by atoms with van der Waals surface area (Å²) in [6.45, 7) is 2.70. The highest BCUT2D eigenvalue weighted by atomic mass is 16.1. The number of hydrogen-bond acceptors (Lipinski definition) is 3. The largest absolute Gasteiger partial charge is 0.326 e. The van der Waals surface area contributed by atoms with Crippen LogP contribution in [0.1, 0.15) is 18.4 Å². The van der Waals surface area contributed by atoms with Crippen molar-refractivity contribution in [2.45, 2.75) is 12.8 Å². The Labute approximate surface area is 171 Å². The summed E-state index contributed by atoms with van der Waals surface area (Å²) < 4.78 is 1.79. The fourth-order valence-corrected chi connectivity index (χ4v) is 3.73. The first kappa shape index (κ1) is 19.2. The van der Waals surface area contributed by atoms with E-state index in [1.165, 1.54) is 5.56 Å². The molecule has 1 saturated heterocycles. The maximum Gasteiger partial charge on any atom is 0.228 e. The number of hydrogen-bond donors (Lipinski definition) is 1.